The number of nitrogens with one attached hydrogen (secondary N) is 2. The van der Waals surface area contributed by atoms with Crippen molar-refractivity contribution < 1.29 is 22.3 Å². The van der Waals surface area contributed by atoms with E-state index < -0.39 is 28.2 Å². The highest BCUT2D eigenvalue weighted by Gasteiger charge is 2.18. The van der Waals surface area contributed by atoms with Crippen molar-refractivity contribution in [3.8, 4) is 0 Å². The van der Waals surface area contributed by atoms with Crippen LogP contribution in [0.4, 0.5) is 14.9 Å². The van der Waals surface area contributed by atoms with Crippen molar-refractivity contribution in [3.05, 3.63) is 28.5 Å². The maximum atomic E-state index is 13.4. The molecule has 0 aromatic heterocycles. The molecule has 9 heteroatoms. The number of amides is 1. The summed E-state index contributed by atoms with van der Waals surface area (Å²) in [6.45, 7) is 3.13. The van der Waals surface area contributed by atoms with Crippen molar-refractivity contribution in [2.75, 3.05) is 4.72 Å². The van der Waals surface area contributed by atoms with Gasteiger partial charge in [-0.25, -0.2) is 13.9 Å². The molecule has 0 unspecified atom stereocenters. The van der Waals surface area contributed by atoms with Crippen molar-refractivity contribution in [3.63, 3.8) is 0 Å². The lowest BCUT2D eigenvalue weighted by Crippen LogP contribution is -2.37. The van der Waals surface area contributed by atoms with Crippen LogP contribution in [-0.2, 0) is 14.9 Å². The van der Waals surface area contributed by atoms with Gasteiger partial charge in [0, 0.05) is 4.47 Å². The summed E-state index contributed by atoms with van der Waals surface area (Å²) in [5.41, 5.74) is -0.284. The number of carbonyl (C=O) groups excluding carboxylic acids is 1. The topological polar surface area (TPSA) is 84.5 Å². The van der Waals surface area contributed by atoms with Crippen LogP contribution >= 0.6 is 15.9 Å². The summed E-state index contributed by atoms with van der Waals surface area (Å²) in [5.74, 6) is -0.781. The molecule has 2 N–H and O–H groups in total. The van der Waals surface area contributed by atoms with Crippen LogP contribution in [0.15, 0.2) is 22.7 Å². The van der Waals surface area contributed by atoms with E-state index >= 15 is 0 Å². The van der Waals surface area contributed by atoms with E-state index in [9.17, 15) is 17.6 Å². The molecule has 1 aromatic carbocycles. The molecular weight excluding hydrogens is 343 g/mol. The molecule has 0 heterocycles. The third-order valence-corrected chi connectivity index (χ3v) is 3.15. The van der Waals surface area contributed by atoms with Crippen molar-refractivity contribution in [2.45, 2.75) is 20.0 Å². The van der Waals surface area contributed by atoms with Crippen LogP contribution in [-0.4, -0.2) is 20.6 Å². The van der Waals surface area contributed by atoms with E-state index in [4.69, 9.17) is 0 Å². The van der Waals surface area contributed by atoms with Gasteiger partial charge in [-0.15, -0.1) is 0 Å². The van der Waals surface area contributed by atoms with Gasteiger partial charge in [0.25, 0.3) is 0 Å². The normalized spacial score (nSPS) is 11.2. The van der Waals surface area contributed by atoms with Crippen LogP contribution < -0.4 is 9.44 Å². The summed E-state index contributed by atoms with van der Waals surface area (Å²) in [7, 11) is -4.24. The van der Waals surface area contributed by atoms with Gasteiger partial charge in [0.1, 0.15) is 5.82 Å². The largest absolute Gasteiger partial charge is 0.446 e. The number of carbonyl (C=O) groups is 1. The fraction of sp³-hybridized carbons (Fsp3) is 0.300. The molecule has 0 radical (unpaired) electrons. The second-order valence-electron chi connectivity index (χ2n) is 3.79. The number of ether oxygens (including phenoxy) is 1. The Morgan fingerprint density at radius 2 is 2.05 bits per heavy atom. The number of hydrogen-bond acceptors (Lipinski definition) is 4. The zero-order valence-electron chi connectivity index (χ0n) is 10.1. The molecule has 0 saturated heterocycles. The Bertz CT molecular complexity index is 577. The van der Waals surface area contributed by atoms with Crippen molar-refractivity contribution in [2.24, 2.45) is 0 Å². The molecular formula is C10H12BrFN2O4S. The van der Waals surface area contributed by atoms with E-state index in [0.29, 0.717) is 4.47 Å². The number of hydrogen-bond donors (Lipinski definition) is 2. The SMILES string of the molecule is CC(C)OC(=O)NS(=O)(=O)Nc1ccc(Br)cc1F. The molecule has 0 fully saturated rings. The Balaban J connectivity index is 2.77. The van der Waals surface area contributed by atoms with Gasteiger partial charge >= 0.3 is 16.3 Å². The van der Waals surface area contributed by atoms with E-state index in [1.807, 2.05) is 4.72 Å². The second-order valence-corrected chi connectivity index (χ2v) is 6.12. The Morgan fingerprint density at radius 3 is 2.58 bits per heavy atom. The molecule has 0 saturated carbocycles. The van der Waals surface area contributed by atoms with E-state index in [1.54, 1.807) is 18.6 Å². The Morgan fingerprint density at radius 1 is 1.42 bits per heavy atom. The van der Waals surface area contributed by atoms with Crippen LogP contribution in [0.2, 0.25) is 0 Å². The fourth-order valence-electron chi connectivity index (χ4n) is 1.09. The van der Waals surface area contributed by atoms with Gasteiger partial charge in [-0.3, -0.25) is 4.72 Å². The third kappa shape index (κ3) is 5.43. The minimum absolute atomic E-state index is 0.284. The Hall–Kier alpha value is -1.35. The van der Waals surface area contributed by atoms with Gasteiger partial charge < -0.3 is 4.74 Å². The summed E-state index contributed by atoms with van der Waals surface area (Å²) in [4.78, 5) is 11.1. The van der Waals surface area contributed by atoms with Gasteiger partial charge in [0.2, 0.25) is 0 Å². The number of anilines is 1. The summed E-state index contributed by atoms with van der Waals surface area (Å²) < 4.78 is 45.0. The predicted molar refractivity (Wildman–Crippen MR) is 71.4 cm³/mol. The van der Waals surface area contributed by atoms with Crippen LogP contribution in [0.5, 0.6) is 0 Å². The van der Waals surface area contributed by atoms with Crippen molar-refractivity contribution in [1.29, 1.82) is 0 Å². The Labute approximate surface area is 118 Å². The zero-order chi connectivity index (χ0) is 14.6. The first kappa shape index (κ1) is 15.7. The molecule has 1 rings (SSSR count). The number of halogens is 2. The molecule has 106 valence electrons. The van der Waals surface area contributed by atoms with E-state index in [0.717, 1.165) is 6.07 Å². The van der Waals surface area contributed by atoms with Gasteiger partial charge in [-0.05, 0) is 32.0 Å². The first-order valence-electron chi connectivity index (χ1n) is 5.16. The van der Waals surface area contributed by atoms with Crippen molar-refractivity contribution in [1.82, 2.24) is 4.72 Å². The molecule has 0 spiro atoms. The van der Waals surface area contributed by atoms with E-state index in [2.05, 4.69) is 20.7 Å². The fourth-order valence-corrected chi connectivity index (χ4v) is 2.20. The van der Waals surface area contributed by atoms with Gasteiger partial charge in [0.05, 0.1) is 11.8 Å². The molecule has 1 aromatic rings. The average Bonchev–Trinajstić information content (AvgIpc) is 2.19. The summed E-state index contributed by atoms with van der Waals surface area (Å²) >= 11 is 3.04. The molecule has 0 aliphatic heterocycles. The standard InChI is InChI=1S/C10H12BrFN2O4S/c1-6(2)18-10(15)14-19(16,17)13-9-4-3-7(11)5-8(9)12/h3-6,13H,1-2H3,(H,14,15). The number of rotatable bonds is 4. The highest BCUT2D eigenvalue weighted by atomic mass is 79.9. The maximum absolute atomic E-state index is 13.4. The molecule has 19 heavy (non-hydrogen) atoms. The molecule has 6 nitrogen and oxygen atoms in total. The maximum Gasteiger partial charge on any atom is 0.422 e. The summed E-state index contributed by atoms with van der Waals surface area (Å²) in [6.07, 6.45) is -1.61. The lowest BCUT2D eigenvalue weighted by atomic mass is 10.3. The second kappa shape index (κ2) is 6.20. The van der Waals surface area contributed by atoms with Crippen LogP contribution in [0, 0.1) is 5.82 Å². The zero-order valence-corrected chi connectivity index (χ0v) is 12.5. The van der Waals surface area contributed by atoms with Gasteiger partial charge in [-0.2, -0.15) is 8.42 Å². The average molecular weight is 355 g/mol. The first-order valence-corrected chi connectivity index (χ1v) is 7.43. The molecule has 0 bridgehead atoms. The third-order valence-electron chi connectivity index (χ3n) is 1.74. The summed E-state index contributed by atoms with van der Waals surface area (Å²) in [5, 5.41) is 0. The molecule has 0 atom stereocenters. The van der Waals surface area contributed by atoms with Crippen LogP contribution in [0.25, 0.3) is 0 Å². The van der Waals surface area contributed by atoms with Gasteiger partial charge in [-0.1, -0.05) is 15.9 Å². The first-order chi connectivity index (χ1) is 8.69. The highest BCUT2D eigenvalue weighted by molar-refractivity contribution is 9.10. The van der Waals surface area contributed by atoms with Crippen LogP contribution in [0.1, 0.15) is 13.8 Å². The Kier molecular flexibility index (Phi) is 5.12. The number of benzene rings is 1. The lowest BCUT2D eigenvalue weighted by molar-refractivity contribution is 0.121. The monoisotopic (exact) mass is 354 g/mol. The molecule has 0 aliphatic rings. The smallest absolute Gasteiger partial charge is 0.422 e. The van der Waals surface area contributed by atoms with Crippen molar-refractivity contribution >= 4 is 37.9 Å². The highest BCUT2D eigenvalue weighted by Crippen LogP contribution is 2.19. The van der Waals surface area contributed by atoms with E-state index in [1.165, 1.54) is 12.1 Å². The predicted octanol–water partition coefficient (Wildman–Crippen LogP) is 2.38. The minimum atomic E-state index is -4.24. The lowest BCUT2D eigenvalue weighted by Gasteiger charge is -2.12. The molecule has 0 aliphatic carbocycles. The quantitative estimate of drug-likeness (QED) is 0.869. The van der Waals surface area contributed by atoms with Gasteiger partial charge in [0.15, 0.2) is 0 Å². The summed E-state index contributed by atoms with van der Waals surface area (Å²) in [6, 6.07) is 3.75. The van der Waals surface area contributed by atoms with Crippen LogP contribution in [0.3, 0.4) is 0 Å². The molecule has 1 amide bonds. The van der Waals surface area contributed by atoms with E-state index in [-0.39, 0.29) is 5.69 Å². The minimum Gasteiger partial charge on any atom is -0.446 e.